The molecule has 2 aromatic rings. The molecule has 2 aromatic carbocycles. The second kappa shape index (κ2) is 6.85. The van der Waals surface area contributed by atoms with Gasteiger partial charge in [0.25, 0.3) is 0 Å². The number of benzene rings is 2. The number of aliphatic carboxylic acids is 1. The molecule has 0 unspecified atom stereocenters. The van der Waals surface area contributed by atoms with Crippen molar-refractivity contribution in [2.24, 2.45) is 5.92 Å². The lowest BCUT2D eigenvalue weighted by Crippen LogP contribution is -2.39. The first-order valence-electron chi connectivity index (χ1n) is 9.08. The van der Waals surface area contributed by atoms with Crippen molar-refractivity contribution in [3.8, 4) is 11.1 Å². The van der Waals surface area contributed by atoms with Crippen molar-refractivity contribution < 1.29 is 9.90 Å². The molecule has 1 N–H and O–H groups in total. The Balaban J connectivity index is 1.51. The van der Waals surface area contributed by atoms with Crippen LogP contribution in [-0.2, 0) is 4.79 Å². The minimum Gasteiger partial charge on any atom is -0.481 e. The van der Waals surface area contributed by atoms with Crippen LogP contribution < -0.4 is 0 Å². The molecule has 1 fully saturated rings. The highest BCUT2D eigenvalue weighted by Crippen LogP contribution is 2.43. The molecule has 25 heavy (non-hydrogen) atoms. The third-order valence-corrected chi connectivity index (χ3v) is 5.37. The number of piperidine rings is 1. The fourth-order valence-corrected chi connectivity index (χ4v) is 4.12. The first kappa shape index (κ1) is 16.1. The quantitative estimate of drug-likeness (QED) is 0.774. The Bertz CT molecular complexity index is 777. The van der Waals surface area contributed by atoms with Crippen LogP contribution in [0.1, 0.15) is 30.4 Å². The van der Waals surface area contributed by atoms with Gasteiger partial charge in [0.1, 0.15) is 0 Å². The number of fused-ring (bicyclic) bond motifs is 3. The third kappa shape index (κ3) is 3.12. The minimum absolute atomic E-state index is 0.200. The lowest BCUT2D eigenvalue weighted by molar-refractivity contribution is -0.143. The normalized spacial score (nSPS) is 19.4. The van der Waals surface area contributed by atoms with E-state index in [1.54, 1.807) is 0 Å². The van der Waals surface area contributed by atoms with Crippen molar-refractivity contribution in [3.05, 3.63) is 65.7 Å². The zero-order valence-corrected chi connectivity index (χ0v) is 14.3. The van der Waals surface area contributed by atoms with E-state index in [4.69, 9.17) is 0 Å². The summed E-state index contributed by atoms with van der Waals surface area (Å²) in [6, 6.07) is 17.2. The second-order valence-electron chi connectivity index (χ2n) is 6.98. The molecule has 0 bridgehead atoms. The third-order valence-electron chi connectivity index (χ3n) is 5.37. The van der Waals surface area contributed by atoms with Gasteiger partial charge < -0.3 is 10.0 Å². The molecule has 1 atom stereocenters. The molecular formula is C22H23NO2. The highest BCUT2D eigenvalue weighted by Gasteiger charge is 2.25. The molecule has 0 saturated carbocycles. The molecule has 1 heterocycles. The molecule has 1 aliphatic heterocycles. The Kier molecular flexibility index (Phi) is 4.41. The molecule has 1 saturated heterocycles. The summed E-state index contributed by atoms with van der Waals surface area (Å²) in [6.45, 7) is 2.63. The summed E-state index contributed by atoms with van der Waals surface area (Å²) < 4.78 is 0. The van der Waals surface area contributed by atoms with E-state index in [-0.39, 0.29) is 5.92 Å². The van der Waals surface area contributed by atoms with Crippen LogP contribution in [0, 0.1) is 5.92 Å². The molecule has 4 rings (SSSR count). The van der Waals surface area contributed by atoms with E-state index >= 15 is 0 Å². The van der Waals surface area contributed by atoms with Gasteiger partial charge in [0.05, 0.1) is 5.92 Å². The molecule has 128 valence electrons. The van der Waals surface area contributed by atoms with Crippen LogP contribution in [0.4, 0.5) is 0 Å². The van der Waals surface area contributed by atoms with E-state index in [0.29, 0.717) is 6.54 Å². The fraction of sp³-hybridized carbons (Fsp3) is 0.318. The van der Waals surface area contributed by atoms with Crippen LogP contribution in [0.3, 0.4) is 0 Å². The Morgan fingerprint density at radius 1 is 1.04 bits per heavy atom. The standard InChI is InChI=1S/C22H23NO2/c24-22(25)16-7-5-13-23(15-16)14-6-12-21-19-10-3-1-8-17(19)18-9-2-4-11-20(18)21/h1-4,8-12,16H,5-7,13-15H2,(H,24,25)/t16-/m1/s1. The monoisotopic (exact) mass is 333 g/mol. The van der Waals surface area contributed by atoms with Gasteiger partial charge >= 0.3 is 5.97 Å². The highest BCUT2D eigenvalue weighted by molar-refractivity contribution is 6.01. The minimum atomic E-state index is -0.651. The van der Waals surface area contributed by atoms with Crippen LogP contribution in [0.2, 0.25) is 0 Å². The van der Waals surface area contributed by atoms with E-state index < -0.39 is 5.97 Å². The lowest BCUT2D eigenvalue weighted by atomic mass is 9.98. The smallest absolute Gasteiger partial charge is 0.307 e. The SMILES string of the molecule is O=C(O)[C@@H]1CCCN(CCC=C2c3ccccc3-c3ccccc32)C1. The van der Waals surface area contributed by atoms with Crippen LogP contribution in [0.25, 0.3) is 16.7 Å². The molecular weight excluding hydrogens is 310 g/mol. The number of rotatable bonds is 4. The molecule has 3 heteroatoms. The summed E-state index contributed by atoms with van der Waals surface area (Å²) in [5.74, 6) is -0.851. The van der Waals surface area contributed by atoms with E-state index in [0.717, 1.165) is 32.4 Å². The average molecular weight is 333 g/mol. The van der Waals surface area contributed by atoms with Crippen molar-refractivity contribution in [3.63, 3.8) is 0 Å². The van der Waals surface area contributed by atoms with Gasteiger partial charge in [0.2, 0.25) is 0 Å². The molecule has 0 aromatic heterocycles. The zero-order chi connectivity index (χ0) is 17.2. The summed E-state index contributed by atoms with van der Waals surface area (Å²) in [5.41, 5.74) is 6.57. The number of carbonyl (C=O) groups is 1. The summed E-state index contributed by atoms with van der Waals surface area (Å²) in [4.78, 5) is 13.5. The fourth-order valence-electron chi connectivity index (χ4n) is 4.12. The predicted molar refractivity (Wildman–Crippen MR) is 100 cm³/mol. The van der Waals surface area contributed by atoms with E-state index in [2.05, 4.69) is 59.5 Å². The Morgan fingerprint density at radius 2 is 1.64 bits per heavy atom. The van der Waals surface area contributed by atoms with Crippen LogP contribution in [0.15, 0.2) is 54.6 Å². The van der Waals surface area contributed by atoms with Crippen molar-refractivity contribution in [2.75, 3.05) is 19.6 Å². The number of carboxylic acids is 1. The van der Waals surface area contributed by atoms with Gasteiger partial charge in [0, 0.05) is 13.1 Å². The Hall–Kier alpha value is -2.39. The van der Waals surface area contributed by atoms with Crippen molar-refractivity contribution >= 4 is 11.5 Å². The number of hydrogen-bond acceptors (Lipinski definition) is 2. The maximum Gasteiger partial charge on any atom is 0.307 e. The first-order chi connectivity index (χ1) is 12.2. The van der Waals surface area contributed by atoms with E-state index in [1.807, 2.05) is 0 Å². The number of likely N-dealkylation sites (tertiary alicyclic amines) is 1. The van der Waals surface area contributed by atoms with Gasteiger partial charge in [-0.3, -0.25) is 4.79 Å². The van der Waals surface area contributed by atoms with Gasteiger partial charge in [-0.2, -0.15) is 0 Å². The molecule has 2 aliphatic rings. The Labute approximate surface area is 148 Å². The van der Waals surface area contributed by atoms with Gasteiger partial charge in [-0.25, -0.2) is 0 Å². The van der Waals surface area contributed by atoms with Crippen LogP contribution in [-0.4, -0.2) is 35.6 Å². The summed E-state index contributed by atoms with van der Waals surface area (Å²) in [7, 11) is 0. The highest BCUT2D eigenvalue weighted by atomic mass is 16.4. The molecule has 1 aliphatic carbocycles. The zero-order valence-electron chi connectivity index (χ0n) is 14.3. The largest absolute Gasteiger partial charge is 0.481 e. The second-order valence-corrected chi connectivity index (χ2v) is 6.98. The lowest BCUT2D eigenvalue weighted by Gasteiger charge is -2.30. The maximum absolute atomic E-state index is 11.2. The van der Waals surface area contributed by atoms with Crippen molar-refractivity contribution in [1.82, 2.24) is 4.90 Å². The molecule has 0 amide bonds. The maximum atomic E-state index is 11.2. The summed E-state index contributed by atoms with van der Waals surface area (Å²) >= 11 is 0. The van der Waals surface area contributed by atoms with E-state index in [1.165, 1.54) is 27.8 Å². The van der Waals surface area contributed by atoms with Gasteiger partial charge in [-0.15, -0.1) is 0 Å². The van der Waals surface area contributed by atoms with Crippen LogP contribution in [0.5, 0.6) is 0 Å². The number of hydrogen-bond donors (Lipinski definition) is 1. The molecule has 3 nitrogen and oxygen atoms in total. The van der Waals surface area contributed by atoms with Gasteiger partial charge in [-0.1, -0.05) is 54.6 Å². The van der Waals surface area contributed by atoms with Gasteiger partial charge in [0.15, 0.2) is 0 Å². The molecule has 0 radical (unpaired) electrons. The predicted octanol–water partition coefficient (Wildman–Crippen LogP) is 4.29. The number of carboxylic acid groups (broad SMARTS) is 1. The van der Waals surface area contributed by atoms with Crippen LogP contribution >= 0.6 is 0 Å². The number of nitrogens with zero attached hydrogens (tertiary/aromatic N) is 1. The van der Waals surface area contributed by atoms with E-state index in [9.17, 15) is 9.90 Å². The first-order valence-corrected chi connectivity index (χ1v) is 9.08. The molecule has 0 spiro atoms. The van der Waals surface area contributed by atoms with Gasteiger partial charge in [-0.05, 0) is 53.6 Å². The van der Waals surface area contributed by atoms with Crippen molar-refractivity contribution in [2.45, 2.75) is 19.3 Å². The summed E-state index contributed by atoms with van der Waals surface area (Å²) in [5, 5.41) is 9.23. The summed E-state index contributed by atoms with van der Waals surface area (Å²) in [6.07, 6.45) is 5.08. The topological polar surface area (TPSA) is 40.5 Å². The average Bonchev–Trinajstić information content (AvgIpc) is 2.96. The van der Waals surface area contributed by atoms with Crippen molar-refractivity contribution in [1.29, 1.82) is 0 Å². The Morgan fingerprint density at radius 3 is 2.24 bits per heavy atom.